The molecule has 0 saturated heterocycles. The number of hydrogen-bond acceptors (Lipinski definition) is 12. The highest BCUT2D eigenvalue weighted by Gasteiger charge is 2.22. The second-order valence-corrected chi connectivity index (χ2v) is 11.3. The third-order valence-corrected chi connectivity index (χ3v) is 7.93. The Morgan fingerprint density at radius 1 is 0.837 bits per heavy atom. The highest BCUT2D eigenvalue weighted by Crippen LogP contribution is 2.29. The Morgan fingerprint density at radius 3 is 2.26 bits per heavy atom. The van der Waals surface area contributed by atoms with Crippen molar-refractivity contribution in [2.24, 2.45) is 5.92 Å². The molecular formula is C30H40N10O3. The minimum atomic E-state index is -0.487. The Hall–Kier alpha value is -4.55. The molecule has 1 aliphatic rings. The Bertz CT molecular complexity index is 1490. The summed E-state index contributed by atoms with van der Waals surface area (Å²) in [5.74, 6) is 2.31. The fourth-order valence-electron chi connectivity index (χ4n) is 5.35. The topological polar surface area (TPSA) is 169 Å². The summed E-state index contributed by atoms with van der Waals surface area (Å²) in [4.78, 5) is 24.7. The van der Waals surface area contributed by atoms with Crippen LogP contribution in [0.15, 0.2) is 41.0 Å². The van der Waals surface area contributed by atoms with Crippen molar-refractivity contribution in [3.63, 3.8) is 0 Å². The third-order valence-electron chi connectivity index (χ3n) is 7.93. The second-order valence-electron chi connectivity index (χ2n) is 11.3. The maximum absolute atomic E-state index is 11.2. The van der Waals surface area contributed by atoms with Gasteiger partial charge in [0.25, 0.3) is 0 Å². The van der Waals surface area contributed by atoms with Crippen LogP contribution in [0.25, 0.3) is 11.0 Å². The largest absolute Gasteiger partial charge is 0.383 e. The van der Waals surface area contributed by atoms with Crippen LogP contribution in [0, 0.1) is 23.0 Å². The van der Waals surface area contributed by atoms with Crippen molar-refractivity contribution in [1.29, 1.82) is 0 Å². The lowest BCUT2D eigenvalue weighted by molar-refractivity contribution is -0.383. The van der Waals surface area contributed by atoms with Gasteiger partial charge in [-0.15, -0.1) is 0 Å². The molecule has 4 aromatic rings. The van der Waals surface area contributed by atoms with Gasteiger partial charge >= 0.3 is 5.69 Å². The summed E-state index contributed by atoms with van der Waals surface area (Å²) in [6, 6.07) is 11.9. The predicted octanol–water partition coefficient (Wildman–Crippen LogP) is 6.31. The predicted molar refractivity (Wildman–Crippen MR) is 167 cm³/mol. The van der Waals surface area contributed by atoms with E-state index in [0.717, 1.165) is 38.6 Å². The van der Waals surface area contributed by atoms with E-state index in [0.29, 0.717) is 54.1 Å². The van der Waals surface area contributed by atoms with Crippen molar-refractivity contribution >= 4 is 40.3 Å². The number of non-ortho nitro benzene ring substituents is 1. The Kier molecular flexibility index (Phi) is 10.1. The van der Waals surface area contributed by atoms with Gasteiger partial charge in [0.2, 0.25) is 23.4 Å². The van der Waals surface area contributed by atoms with Gasteiger partial charge in [-0.25, -0.2) is 4.63 Å². The van der Waals surface area contributed by atoms with Crippen molar-refractivity contribution in [3.05, 3.63) is 57.6 Å². The van der Waals surface area contributed by atoms with Gasteiger partial charge in [0.1, 0.15) is 0 Å². The van der Waals surface area contributed by atoms with Gasteiger partial charge < -0.3 is 21.3 Å². The fraction of sp³-hybridized carbons (Fsp3) is 0.500. The molecule has 0 spiro atoms. The first-order valence-corrected chi connectivity index (χ1v) is 15.2. The summed E-state index contributed by atoms with van der Waals surface area (Å²) in [7, 11) is 0. The minimum Gasteiger partial charge on any atom is -0.383 e. The first-order chi connectivity index (χ1) is 21.0. The van der Waals surface area contributed by atoms with Crippen LogP contribution >= 0.6 is 0 Å². The minimum absolute atomic E-state index is 0.118. The number of nitro groups is 1. The molecular weight excluding hydrogens is 548 g/mol. The summed E-state index contributed by atoms with van der Waals surface area (Å²) in [6.07, 6.45) is 8.81. The van der Waals surface area contributed by atoms with Gasteiger partial charge in [-0.2, -0.15) is 15.0 Å². The summed E-state index contributed by atoms with van der Waals surface area (Å²) in [5, 5.41) is 32.3. The second kappa shape index (κ2) is 14.6. The molecule has 228 valence electrons. The Balaban J connectivity index is 1.09. The number of nitro benzene ring substituents is 1. The zero-order chi connectivity index (χ0) is 30.0. The lowest BCUT2D eigenvalue weighted by Gasteiger charge is -2.29. The van der Waals surface area contributed by atoms with E-state index in [4.69, 9.17) is 9.61 Å². The number of hydrogen-bond donors (Lipinski definition) is 4. The fourth-order valence-corrected chi connectivity index (χ4v) is 5.35. The lowest BCUT2D eigenvalue weighted by Crippen LogP contribution is -2.31. The quantitative estimate of drug-likeness (QED) is 0.0694. The van der Waals surface area contributed by atoms with Crippen LogP contribution in [0.2, 0.25) is 0 Å². The molecule has 4 N–H and O–H groups in total. The molecule has 1 saturated carbocycles. The van der Waals surface area contributed by atoms with E-state index in [1.165, 1.54) is 36.5 Å². The average Bonchev–Trinajstić information content (AvgIpc) is 3.50. The smallest absolute Gasteiger partial charge is 0.300 e. The lowest BCUT2D eigenvalue weighted by atomic mass is 9.86. The molecule has 0 amide bonds. The number of unbranched alkanes of at least 4 members (excludes halogenated alkanes) is 3. The highest BCUT2D eigenvalue weighted by atomic mass is 16.6. The van der Waals surface area contributed by atoms with E-state index in [1.54, 1.807) is 6.07 Å². The van der Waals surface area contributed by atoms with E-state index < -0.39 is 4.92 Å². The van der Waals surface area contributed by atoms with Gasteiger partial charge in [-0.1, -0.05) is 62.4 Å². The molecule has 2 heterocycles. The number of rotatable bonds is 15. The molecule has 0 bridgehead atoms. The van der Waals surface area contributed by atoms with E-state index in [9.17, 15) is 10.1 Å². The summed E-state index contributed by atoms with van der Waals surface area (Å²) >= 11 is 0. The number of nitrogens with one attached hydrogen (secondary N) is 4. The van der Waals surface area contributed by atoms with Gasteiger partial charge in [0, 0.05) is 31.7 Å². The van der Waals surface area contributed by atoms with Crippen molar-refractivity contribution in [1.82, 2.24) is 25.3 Å². The summed E-state index contributed by atoms with van der Waals surface area (Å²) in [5.41, 5.74) is 3.48. The van der Waals surface area contributed by atoms with Crippen molar-refractivity contribution in [2.75, 3.05) is 34.4 Å². The zero-order valence-corrected chi connectivity index (χ0v) is 24.8. The molecule has 0 radical (unpaired) electrons. The number of fused-ring (bicyclic) bond motifs is 1. The monoisotopic (exact) mass is 588 g/mol. The molecule has 2 aromatic carbocycles. The van der Waals surface area contributed by atoms with Crippen LogP contribution in [-0.2, 0) is 6.54 Å². The Labute approximate surface area is 250 Å². The normalized spacial score (nSPS) is 16.6. The number of nitrogens with zero attached hydrogens (tertiary/aromatic N) is 6. The number of aromatic nitrogens is 5. The highest BCUT2D eigenvalue weighted by molar-refractivity contribution is 5.93. The Morgan fingerprint density at radius 2 is 1.51 bits per heavy atom. The van der Waals surface area contributed by atoms with Crippen LogP contribution in [0.3, 0.4) is 0 Å². The van der Waals surface area contributed by atoms with Crippen LogP contribution in [0.1, 0.15) is 69.4 Å². The van der Waals surface area contributed by atoms with E-state index >= 15 is 0 Å². The maximum Gasteiger partial charge on any atom is 0.300 e. The molecule has 5 rings (SSSR count). The van der Waals surface area contributed by atoms with Crippen molar-refractivity contribution in [3.8, 4) is 0 Å². The molecule has 1 aliphatic carbocycles. The van der Waals surface area contributed by atoms with E-state index in [1.807, 2.05) is 0 Å². The molecule has 43 heavy (non-hydrogen) atoms. The number of aryl methyl sites for hydroxylation is 1. The summed E-state index contributed by atoms with van der Waals surface area (Å²) in [6.45, 7) is 6.47. The van der Waals surface area contributed by atoms with Gasteiger partial charge in [-0.3, -0.25) is 10.1 Å². The molecule has 2 unspecified atom stereocenters. The SMILES string of the molecule is Cc1ccc(CNc2nc(NCCCCCCNc3ccc([N+](=O)[O-])c4nonc34)nc(NC3CCCCC3C)n2)cc1. The van der Waals surface area contributed by atoms with E-state index in [-0.39, 0.29) is 11.2 Å². The first-order valence-electron chi connectivity index (χ1n) is 15.2. The number of anilines is 4. The molecule has 0 aliphatic heterocycles. The molecule has 2 aromatic heterocycles. The van der Waals surface area contributed by atoms with Gasteiger partial charge in [0.15, 0.2) is 5.52 Å². The number of benzene rings is 2. The zero-order valence-electron chi connectivity index (χ0n) is 24.8. The summed E-state index contributed by atoms with van der Waals surface area (Å²) < 4.78 is 4.73. The van der Waals surface area contributed by atoms with Crippen molar-refractivity contribution in [2.45, 2.75) is 77.8 Å². The van der Waals surface area contributed by atoms with Crippen LogP contribution in [-0.4, -0.2) is 49.3 Å². The van der Waals surface area contributed by atoms with Gasteiger partial charge in [-0.05, 0) is 60.5 Å². The van der Waals surface area contributed by atoms with Crippen LogP contribution < -0.4 is 21.3 Å². The van der Waals surface area contributed by atoms with E-state index in [2.05, 4.69) is 79.7 Å². The van der Waals surface area contributed by atoms with Crippen LogP contribution in [0.4, 0.5) is 29.2 Å². The molecule has 13 heteroatoms. The van der Waals surface area contributed by atoms with Gasteiger partial charge in [0.05, 0.1) is 10.6 Å². The van der Waals surface area contributed by atoms with Crippen LogP contribution in [0.5, 0.6) is 0 Å². The molecule has 13 nitrogen and oxygen atoms in total. The maximum atomic E-state index is 11.2. The molecule has 1 fully saturated rings. The average molecular weight is 589 g/mol. The van der Waals surface area contributed by atoms with Crippen molar-refractivity contribution < 1.29 is 9.55 Å². The molecule has 2 atom stereocenters. The third kappa shape index (κ3) is 8.27. The first kappa shape index (κ1) is 29.9. The standard InChI is InChI=1S/C30H40N10O3/c1-20-11-13-22(14-12-20)19-33-29-35-28(36-30(37-29)34-23-10-6-5-9-21(23)2)32-18-8-4-3-7-17-31-24-15-16-25(40(41)42)27-26(24)38-43-39-27/h11-16,21,23,31H,3-10,17-19H2,1-2H3,(H3,32,33,34,35,36,37).